The fraction of sp³-hybridized carbons (Fsp3) is 0.583. The fourth-order valence-electron chi connectivity index (χ4n) is 1.56. The van der Waals surface area contributed by atoms with Gasteiger partial charge in [-0.05, 0) is 19.0 Å². The van der Waals surface area contributed by atoms with Gasteiger partial charge in [-0.1, -0.05) is 0 Å². The Kier molecular flexibility index (Phi) is 4.16. The molecule has 1 N–H and O–H groups in total. The Labute approximate surface area is 112 Å². The molecule has 104 valence electrons. The summed E-state index contributed by atoms with van der Waals surface area (Å²) in [5.41, 5.74) is 1.14. The molecule has 7 heteroatoms. The van der Waals surface area contributed by atoms with Crippen LogP contribution in [0.5, 0.6) is 0 Å². The molecule has 0 aromatic carbocycles. The average Bonchev–Trinajstić information content (AvgIpc) is 2.97. The largest absolute Gasteiger partial charge is 0.344 e. The van der Waals surface area contributed by atoms with Gasteiger partial charge in [-0.15, -0.1) is 0 Å². The van der Waals surface area contributed by atoms with Gasteiger partial charge in [-0.25, -0.2) is 0 Å². The van der Waals surface area contributed by atoms with Crippen molar-refractivity contribution >= 4 is 5.95 Å². The van der Waals surface area contributed by atoms with Crippen LogP contribution in [0, 0.1) is 0 Å². The standard InChI is InChI=1S/C12H20N6O/c1-9(2)18-8-10(6-14-18)5-13-7-11-15-12(16-19-11)17(3)4/h6,8-9,13H,5,7H2,1-4H3. The normalized spacial score (nSPS) is 11.2. The summed E-state index contributed by atoms with van der Waals surface area (Å²) < 4.78 is 7.06. The van der Waals surface area contributed by atoms with Crippen LogP contribution in [0.25, 0.3) is 0 Å². The highest BCUT2D eigenvalue weighted by Gasteiger charge is 2.07. The van der Waals surface area contributed by atoms with Crippen LogP contribution >= 0.6 is 0 Å². The van der Waals surface area contributed by atoms with Crippen LogP contribution in [0.15, 0.2) is 16.9 Å². The first-order valence-electron chi connectivity index (χ1n) is 6.30. The summed E-state index contributed by atoms with van der Waals surface area (Å²) in [4.78, 5) is 6.04. The minimum absolute atomic E-state index is 0.382. The first-order valence-corrected chi connectivity index (χ1v) is 6.30. The van der Waals surface area contributed by atoms with Crippen molar-refractivity contribution < 1.29 is 4.52 Å². The second kappa shape index (κ2) is 5.83. The van der Waals surface area contributed by atoms with Gasteiger partial charge in [0.15, 0.2) is 0 Å². The number of aromatic nitrogens is 4. The van der Waals surface area contributed by atoms with Crippen molar-refractivity contribution in [3.8, 4) is 0 Å². The third-order valence-corrected chi connectivity index (χ3v) is 2.65. The number of rotatable bonds is 6. The third-order valence-electron chi connectivity index (χ3n) is 2.65. The van der Waals surface area contributed by atoms with Gasteiger partial charge in [-0.2, -0.15) is 10.1 Å². The van der Waals surface area contributed by atoms with E-state index in [0.717, 1.165) is 12.1 Å². The van der Waals surface area contributed by atoms with Crippen molar-refractivity contribution in [3.05, 3.63) is 23.8 Å². The van der Waals surface area contributed by atoms with E-state index in [-0.39, 0.29) is 0 Å². The number of nitrogens with zero attached hydrogens (tertiary/aromatic N) is 5. The summed E-state index contributed by atoms with van der Waals surface area (Å²) in [5.74, 6) is 1.17. The molecule has 0 atom stereocenters. The maximum absolute atomic E-state index is 5.12. The zero-order chi connectivity index (χ0) is 13.8. The maximum Gasteiger partial charge on any atom is 0.265 e. The Bertz CT molecular complexity index is 470. The van der Waals surface area contributed by atoms with Crippen molar-refractivity contribution in [2.45, 2.75) is 33.0 Å². The SMILES string of the molecule is CC(C)n1cc(CNCc2nc(N(C)C)no2)cn1. The summed E-state index contributed by atoms with van der Waals surface area (Å²) in [7, 11) is 3.75. The highest BCUT2D eigenvalue weighted by atomic mass is 16.5. The molecule has 2 heterocycles. The molecule has 0 unspecified atom stereocenters. The molecule has 0 radical (unpaired) electrons. The molecule has 0 aliphatic rings. The van der Waals surface area contributed by atoms with Gasteiger partial charge in [0.05, 0.1) is 12.7 Å². The van der Waals surface area contributed by atoms with E-state index in [4.69, 9.17) is 4.52 Å². The molecule has 19 heavy (non-hydrogen) atoms. The molecule has 0 aliphatic heterocycles. The van der Waals surface area contributed by atoms with E-state index >= 15 is 0 Å². The molecule has 7 nitrogen and oxygen atoms in total. The molecular formula is C12H20N6O. The van der Waals surface area contributed by atoms with Gasteiger partial charge in [-0.3, -0.25) is 4.68 Å². The highest BCUT2D eigenvalue weighted by molar-refractivity contribution is 5.23. The van der Waals surface area contributed by atoms with Gasteiger partial charge >= 0.3 is 0 Å². The lowest BCUT2D eigenvalue weighted by Gasteiger charge is -2.03. The highest BCUT2D eigenvalue weighted by Crippen LogP contribution is 2.07. The second-order valence-corrected chi connectivity index (χ2v) is 4.91. The van der Waals surface area contributed by atoms with Crippen LogP contribution in [-0.2, 0) is 13.1 Å². The first-order chi connectivity index (χ1) is 9.06. The minimum atomic E-state index is 0.382. The van der Waals surface area contributed by atoms with E-state index in [2.05, 4.69) is 34.4 Å². The minimum Gasteiger partial charge on any atom is -0.344 e. The zero-order valence-corrected chi connectivity index (χ0v) is 11.8. The van der Waals surface area contributed by atoms with Crippen molar-refractivity contribution in [1.29, 1.82) is 0 Å². The predicted octanol–water partition coefficient (Wildman–Crippen LogP) is 1.20. The van der Waals surface area contributed by atoms with Crippen molar-refractivity contribution in [3.63, 3.8) is 0 Å². The average molecular weight is 264 g/mol. The summed E-state index contributed by atoms with van der Waals surface area (Å²) in [6.07, 6.45) is 3.91. The van der Waals surface area contributed by atoms with E-state index in [1.807, 2.05) is 31.2 Å². The Hall–Kier alpha value is -1.89. The molecule has 2 rings (SSSR count). The fourth-order valence-corrected chi connectivity index (χ4v) is 1.56. The van der Waals surface area contributed by atoms with Gasteiger partial charge < -0.3 is 14.7 Å². The quantitative estimate of drug-likeness (QED) is 0.845. The smallest absolute Gasteiger partial charge is 0.265 e. The van der Waals surface area contributed by atoms with E-state index in [9.17, 15) is 0 Å². The molecule has 0 saturated carbocycles. The summed E-state index contributed by atoms with van der Waals surface area (Å²) in [6.45, 7) is 5.48. The Balaban J connectivity index is 1.82. The topological polar surface area (TPSA) is 72.0 Å². The first kappa shape index (κ1) is 13.5. The number of hydrogen-bond donors (Lipinski definition) is 1. The van der Waals surface area contributed by atoms with Crippen molar-refractivity contribution in [2.75, 3.05) is 19.0 Å². The summed E-state index contributed by atoms with van der Waals surface area (Å²) in [6, 6.07) is 0.382. The van der Waals surface area contributed by atoms with Crippen LogP contribution < -0.4 is 10.2 Å². The van der Waals surface area contributed by atoms with E-state index in [0.29, 0.717) is 24.4 Å². The number of anilines is 1. The molecular weight excluding hydrogens is 244 g/mol. The van der Waals surface area contributed by atoms with Crippen LogP contribution in [0.3, 0.4) is 0 Å². The number of nitrogens with one attached hydrogen (secondary N) is 1. The molecule has 0 amide bonds. The lowest BCUT2D eigenvalue weighted by atomic mass is 10.3. The summed E-state index contributed by atoms with van der Waals surface area (Å²) >= 11 is 0. The lowest BCUT2D eigenvalue weighted by molar-refractivity contribution is 0.367. The number of hydrogen-bond acceptors (Lipinski definition) is 6. The van der Waals surface area contributed by atoms with Gasteiger partial charge in [0, 0.05) is 38.4 Å². The molecule has 0 fully saturated rings. The summed E-state index contributed by atoms with van der Waals surface area (Å²) in [5, 5.41) is 11.4. The van der Waals surface area contributed by atoms with Crippen LogP contribution in [0.4, 0.5) is 5.95 Å². The van der Waals surface area contributed by atoms with Gasteiger partial charge in [0.25, 0.3) is 5.95 Å². The molecule has 0 aliphatic carbocycles. The maximum atomic E-state index is 5.12. The molecule has 2 aromatic rings. The van der Waals surface area contributed by atoms with E-state index < -0.39 is 0 Å². The molecule has 0 spiro atoms. The zero-order valence-electron chi connectivity index (χ0n) is 11.8. The van der Waals surface area contributed by atoms with Crippen LogP contribution in [0.2, 0.25) is 0 Å². The Morgan fingerprint density at radius 1 is 1.37 bits per heavy atom. The van der Waals surface area contributed by atoms with Crippen molar-refractivity contribution in [2.24, 2.45) is 0 Å². The monoisotopic (exact) mass is 264 g/mol. The lowest BCUT2D eigenvalue weighted by Crippen LogP contribution is -2.13. The van der Waals surface area contributed by atoms with Crippen LogP contribution in [-0.4, -0.2) is 34.0 Å². The van der Waals surface area contributed by atoms with Crippen molar-refractivity contribution in [1.82, 2.24) is 25.2 Å². The third kappa shape index (κ3) is 3.54. The Morgan fingerprint density at radius 3 is 2.74 bits per heavy atom. The van der Waals surface area contributed by atoms with Gasteiger partial charge in [0.2, 0.25) is 5.89 Å². The van der Waals surface area contributed by atoms with E-state index in [1.165, 1.54) is 0 Å². The second-order valence-electron chi connectivity index (χ2n) is 4.91. The molecule has 0 bridgehead atoms. The predicted molar refractivity (Wildman–Crippen MR) is 71.8 cm³/mol. The van der Waals surface area contributed by atoms with E-state index in [1.54, 1.807) is 4.90 Å². The van der Waals surface area contributed by atoms with Crippen LogP contribution in [0.1, 0.15) is 31.3 Å². The molecule has 0 saturated heterocycles. The molecule has 2 aromatic heterocycles. The Morgan fingerprint density at radius 2 is 2.16 bits per heavy atom. The van der Waals surface area contributed by atoms with Gasteiger partial charge in [0.1, 0.15) is 0 Å².